The number of unbranched alkanes of at least 4 members (excludes halogenated alkanes) is 6. The fourth-order valence-electron chi connectivity index (χ4n) is 1.51. The topological polar surface area (TPSA) is 12.0 Å². The second kappa shape index (κ2) is 13.3. The van der Waals surface area contributed by atoms with E-state index >= 15 is 0 Å². The molecule has 1 radical (unpaired) electrons. The van der Waals surface area contributed by atoms with Gasteiger partial charge in [-0.3, -0.25) is 0 Å². The Hall–Kier alpha value is 0.310. The van der Waals surface area contributed by atoms with Gasteiger partial charge in [-0.25, -0.2) is 0 Å². The second-order valence-electron chi connectivity index (χ2n) is 3.93. The molecule has 85 valence electrons. The van der Waals surface area contributed by atoms with Crippen LogP contribution in [0.25, 0.3) is 0 Å². The molecule has 0 unspecified atom stereocenters. The normalized spacial score (nSPS) is 10.7. The summed E-state index contributed by atoms with van der Waals surface area (Å²) in [5.41, 5.74) is 0. The first-order chi connectivity index (χ1) is 6.91. The first-order valence-electron chi connectivity index (χ1n) is 6.20. The highest BCUT2D eigenvalue weighted by Gasteiger charge is 1.90. The Kier molecular flexibility index (Phi) is 13.6. The maximum atomic E-state index is 4.88. The fourth-order valence-corrected chi connectivity index (χ4v) is 1.71. The van der Waals surface area contributed by atoms with E-state index in [0.29, 0.717) is 0 Å². The minimum Gasteiger partial charge on any atom is -0.317 e. The molecular formula is C12H26NS. The summed E-state index contributed by atoms with van der Waals surface area (Å²) < 4.78 is 0. The van der Waals surface area contributed by atoms with Crippen molar-refractivity contribution in [2.75, 3.05) is 18.8 Å². The number of rotatable bonds is 11. The van der Waals surface area contributed by atoms with Crippen LogP contribution in [0.5, 0.6) is 0 Å². The van der Waals surface area contributed by atoms with E-state index < -0.39 is 0 Å². The van der Waals surface area contributed by atoms with Crippen LogP contribution in [0.1, 0.15) is 58.3 Å². The molecule has 0 fully saturated rings. The number of hydrogen-bond donors (Lipinski definition) is 1. The third-order valence-corrected chi connectivity index (χ3v) is 2.74. The van der Waals surface area contributed by atoms with E-state index in [2.05, 4.69) is 12.2 Å². The van der Waals surface area contributed by atoms with Crippen LogP contribution in [-0.2, 0) is 0 Å². The molecule has 0 saturated carbocycles. The summed E-state index contributed by atoms with van der Waals surface area (Å²) in [6, 6.07) is 0. The lowest BCUT2D eigenvalue weighted by Gasteiger charge is -2.03. The molecular weight excluding hydrogens is 190 g/mol. The molecule has 0 aliphatic heterocycles. The van der Waals surface area contributed by atoms with Crippen molar-refractivity contribution in [3.8, 4) is 0 Å². The van der Waals surface area contributed by atoms with Crippen LogP contribution in [0.2, 0.25) is 0 Å². The highest BCUT2D eigenvalue weighted by molar-refractivity contribution is 7.80. The first-order valence-corrected chi connectivity index (χ1v) is 6.78. The zero-order valence-corrected chi connectivity index (χ0v) is 10.5. The Morgan fingerprint density at radius 1 is 0.786 bits per heavy atom. The lowest BCUT2D eigenvalue weighted by Crippen LogP contribution is -2.16. The third-order valence-electron chi connectivity index (χ3n) is 2.45. The largest absolute Gasteiger partial charge is 0.317 e. The van der Waals surface area contributed by atoms with Gasteiger partial charge < -0.3 is 5.32 Å². The van der Waals surface area contributed by atoms with Crippen LogP contribution in [0.15, 0.2) is 0 Å². The predicted molar refractivity (Wildman–Crippen MR) is 67.9 cm³/mol. The molecule has 0 bridgehead atoms. The molecule has 0 atom stereocenters. The summed E-state index contributed by atoms with van der Waals surface area (Å²) in [4.78, 5) is 0. The molecule has 2 heteroatoms. The van der Waals surface area contributed by atoms with Gasteiger partial charge >= 0.3 is 0 Å². The Balaban J connectivity index is 2.78. The average molecular weight is 216 g/mol. The minimum absolute atomic E-state index is 0.915. The molecule has 0 aromatic carbocycles. The number of nitrogens with one attached hydrogen (secondary N) is 1. The van der Waals surface area contributed by atoms with Crippen LogP contribution < -0.4 is 5.32 Å². The van der Waals surface area contributed by atoms with Gasteiger partial charge in [0.15, 0.2) is 0 Å². The zero-order chi connectivity index (χ0) is 10.5. The van der Waals surface area contributed by atoms with Crippen LogP contribution in [0.4, 0.5) is 0 Å². The maximum absolute atomic E-state index is 4.88. The van der Waals surface area contributed by atoms with Gasteiger partial charge in [0.05, 0.1) is 0 Å². The lowest BCUT2D eigenvalue weighted by atomic mass is 10.1. The van der Waals surface area contributed by atoms with E-state index in [1.54, 1.807) is 0 Å². The van der Waals surface area contributed by atoms with Gasteiger partial charge in [0.2, 0.25) is 0 Å². The Bertz CT molecular complexity index is 84.3. The van der Waals surface area contributed by atoms with Crippen LogP contribution in [0, 0.1) is 0 Å². The van der Waals surface area contributed by atoms with E-state index in [1.807, 2.05) is 0 Å². The van der Waals surface area contributed by atoms with E-state index in [1.165, 1.54) is 57.9 Å². The van der Waals surface area contributed by atoms with Crippen molar-refractivity contribution in [2.24, 2.45) is 0 Å². The van der Waals surface area contributed by atoms with Gasteiger partial charge in [-0.1, -0.05) is 51.7 Å². The Morgan fingerprint density at radius 2 is 1.36 bits per heavy atom. The standard InChI is InChI=1S/C12H26NS/c1-2-3-4-5-6-7-10-13-11-8-9-12-14/h13H,2-12H2,1H3. The third kappa shape index (κ3) is 12.3. The minimum atomic E-state index is 0.915. The molecule has 1 N–H and O–H groups in total. The van der Waals surface area contributed by atoms with Crippen molar-refractivity contribution in [1.29, 1.82) is 0 Å². The van der Waals surface area contributed by atoms with Gasteiger partial charge in [0.1, 0.15) is 0 Å². The molecule has 0 aromatic rings. The smallest absolute Gasteiger partial charge is 0.00374 e. The highest BCUT2D eigenvalue weighted by atomic mass is 32.1. The summed E-state index contributed by atoms with van der Waals surface area (Å²) in [5.74, 6) is 0.915. The molecule has 14 heavy (non-hydrogen) atoms. The summed E-state index contributed by atoms with van der Waals surface area (Å²) in [5, 5.41) is 3.46. The predicted octanol–water partition coefficient (Wildman–Crippen LogP) is 3.91. The van der Waals surface area contributed by atoms with E-state index in [9.17, 15) is 0 Å². The van der Waals surface area contributed by atoms with Crippen molar-refractivity contribution in [3.05, 3.63) is 0 Å². The van der Waals surface area contributed by atoms with Crippen molar-refractivity contribution < 1.29 is 0 Å². The van der Waals surface area contributed by atoms with Crippen molar-refractivity contribution in [1.82, 2.24) is 5.32 Å². The number of hydrogen-bond acceptors (Lipinski definition) is 1. The van der Waals surface area contributed by atoms with Gasteiger partial charge in [-0.15, -0.1) is 0 Å². The Labute approximate surface area is 95.5 Å². The highest BCUT2D eigenvalue weighted by Crippen LogP contribution is 2.03. The van der Waals surface area contributed by atoms with E-state index in [0.717, 1.165) is 12.3 Å². The van der Waals surface area contributed by atoms with Crippen molar-refractivity contribution >= 4 is 12.6 Å². The van der Waals surface area contributed by atoms with Gasteiger partial charge in [0, 0.05) is 5.75 Å². The molecule has 0 saturated heterocycles. The summed E-state index contributed by atoms with van der Waals surface area (Å²) in [6.45, 7) is 4.62. The molecule has 0 rings (SSSR count). The van der Waals surface area contributed by atoms with Crippen molar-refractivity contribution in [2.45, 2.75) is 58.3 Å². The second-order valence-corrected chi connectivity index (χ2v) is 4.34. The first kappa shape index (κ1) is 14.3. The van der Waals surface area contributed by atoms with Crippen LogP contribution in [0.3, 0.4) is 0 Å². The van der Waals surface area contributed by atoms with Crippen LogP contribution >= 0.6 is 12.6 Å². The van der Waals surface area contributed by atoms with Gasteiger partial charge in [0.25, 0.3) is 0 Å². The molecule has 0 amide bonds. The SMILES string of the molecule is CCCCCCCCNCCCC[S]. The van der Waals surface area contributed by atoms with Crippen LogP contribution in [-0.4, -0.2) is 18.8 Å². The zero-order valence-electron chi connectivity index (χ0n) is 9.69. The monoisotopic (exact) mass is 216 g/mol. The molecule has 1 nitrogen and oxygen atoms in total. The molecule has 0 aliphatic rings. The summed E-state index contributed by atoms with van der Waals surface area (Å²) >= 11 is 4.88. The van der Waals surface area contributed by atoms with Gasteiger partial charge in [-0.05, 0) is 32.4 Å². The summed E-state index contributed by atoms with van der Waals surface area (Å²) in [6.07, 6.45) is 10.8. The lowest BCUT2D eigenvalue weighted by molar-refractivity contribution is 0.564. The van der Waals surface area contributed by atoms with Crippen molar-refractivity contribution in [3.63, 3.8) is 0 Å². The van der Waals surface area contributed by atoms with E-state index in [4.69, 9.17) is 12.6 Å². The molecule has 0 aliphatic carbocycles. The fraction of sp³-hybridized carbons (Fsp3) is 1.00. The molecule has 0 heterocycles. The summed E-state index contributed by atoms with van der Waals surface area (Å²) in [7, 11) is 0. The molecule has 0 spiro atoms. The molecule has 0 aromatic heterocycles. The Morgan fingerprint density at radius 3 is 2.00 bits per heavy atom. The maximum Gasteiger partial charge on any atom is 0.00374 e. The average Bonchev–Trinajstić information content (AvgIpc) is 2.21. The van der Waals surface area contributed by atoms with E-state index in [-0.39, 0.29) is 0 Å². The quantitative estimate of drug-likeness (QED) is 0.516. The van der Waals surface area contributed by atoms with Gasteiger partial charge in [-0.2, -0.15) is 0 Å².